The number of hydrogen-bond donors (Lipinski definition) is 1. The maximum atomic E-state index is 5.78. The summed E-state index contributed by atoms with van der Waals surface area (Å²) in [6, 6.07) is 3.79. The zero-order valence-corrected chi connectivity index (χ0v) is 10.7. The van der Waals surface area contributed by atoms with E-state index in [1.54, 1.807) is 6.20 Å². The first-order chi connectivity index (χ1) is 8.08. The first-order valence-electron chi connectivity index (χ1n) is 5.44. The van der Waals surface area contributed by atoms with E-state index in [0.29, 0.717) is 17.3 Å². The molecule has 2 N–H and O–H groups in total. The highest BCUT2D eigenvalue weighted by Crippen LogP contribution is 2.24. The fraction of sp³-hybridized carbons (Fsp3) is 0.333. The first-order valence-corrected chi connectivity index (χ1v) is 5.85. The van der Waals surface area contributed by atoms with Crippen molar-refractivity contribution in [1.29, 1.82) is 0 Å². The maximum absolute atomic E-state index is 5.78. The van der Waals surface area contributed by atoms with Gasteiger partial charge in [0.15, 0.2) is 0 Å². The SMILES string of the molecule is CC(N)CC1=CN(C)C(=S)c2cccnc2O1. The average molecular weight is 249 g/mol. The zero-order chi connectivity index (χ0) is 12.4. The van der Waals surface area contributed by atoms with Crippen molar-refractivity contribution >= 4 is 17.2 Å². The van der Waals surface area contributed by atoms with Crippen LogP contribution in [-0.4, -0.2) is 28.0 Å². The highest BCUT2D eigenvalue weighted by Gasteiger charge is 2.19. The van der Waals surface area contributed by atoms with Gasteiger partial charge in [-0.25, -0.2) is 4.98 Å². The third-order valence-electron chi connectivity index (χ3n) is 2.41. The predicted molar refractivity (Wildman–Crippen MR) is 70.7 cm³/mol. The van der Waals surface area contributed by atoms with Crippen LogP contribution >= 0.6 is 12.2 Å². The number of hydrogen-bond acceptors (Lipinski definition) is 4. The molecule has 1 aliphatic heterocycles. The smallest absolute Gasteiger partial charge is 0.229 e. The molecule has 0 bridgehead atoms. The summed E-state index contributed by atoms with van der Waals surface area (Å²) in [6.07, 6.45) is 4.21. The highest BCUT2D eigenvalue weighted by molar-refractivity contribution is 7.80. The lowest BCUT2D eigenvalue weighted by Gasteiger charge is -2.13. The van der Waals surface area contributed by atoms with Crippen molar-refractivity contribution < 1.29 is 4.74 Å². The standard InChI is InChI=1S/C12H15N3OS/c1-8(13)6-9-7-15(2)12(17)10-4-3-5-14-11(10)16-9/h3-5,7-8H,6,13H2,1-2H3. The van der Waals surface area contributed by atoms with Gasteiger partial charge in [-0.2, -0.15) is 0 Å². The Bertz CT molecular complexity index is 471. The molecule has 1 aromatic rings. The van der Waals surface area contributed by atoms with Crippen LogP contribution in [0.2, 0.25) is 0 Å². The molecule has 1 atom stereocenters. The van der Waals surface area contributed by atoms with Crippen LogP contribution in [0.25, 0.3) is 0 Å². The van der Waals surface area contributed by atoms with Gasteiger partial charge in [0, 0.05) is 31.9 Å². The van der Waals surface area contributed by atoms with E-state index in [-0.39, 0.29) is 6.04 Å². The molecule has 90 valence electrons. The molecule has 5 heteroatoms. The minimum absolute atomic E-state index is 0.0356. The fourth-order valence-corrected chi connectivity index (χ4v) is 1.87. The van der Waals surface area contributed by atoms with Crippen LogP contribution in [-0.2, 0) is 0 Å². The molecule has 0 fully saturated rings. The van der Waals surface area contributed by atoms with Crippen molar-refractivity contribution in [3.8, 4) is 5.88 Å². The summed E-state index contributed by atoms with van der Waals surface area (Å²) >= 11 is 5.37. The van der Waals surface area contributed by atoms with Gasteiger partial charge in [0.05, 0.1) is 5.56 Å². The lowest BCUT2D eigenvalue weighted by molar-refractivity contribution is 0.373. The van der Waals surface area contributed by atoms with Crippen LogP contribution in [0.15, 0.2) is 30.3 Å². The molecular formula is C12H15N3OS. The molecule has 0 aliphatic carbocycles. The van der Waals surface area contributed by atoms with Gasteiger partial charge in [0.25, 0.3) is 0 Å². The van der Waals surface area contributed by atoms with E-state index < -0.39 is 0 Å². The Morgan fingerprint density at radius 3 is 3.06 bits per heavy atom. The topological polar surface area (TPSA) is 51.4 Å². The van der Waals surface area contributed by atoms with E-state index in [2.05, 4.69) is 4.98 Å². The van der Waals surface area contributed by atoms with Crippen molar-refractivity contribution in [3.05, 3.63) is 35.9 Å². The largest absolute Gasteiger partial charge is 0.441 e. The lowest BCUT2D eigenvalue weighted by atomic mass is 10.2. The minimum atomic E-state index is 0.0356. The first kappa shape index (κ1) is 12.0. The molecule has 0 amide bonds. The second-order valence-electron chi connectivity index (χ2n) is 4.15. The van der Waals surface area contributed by atoms with Crippen LogP contribution < -0.4 is 10.5 Å². The Labute approximate surface area is 106 Å². The van der Waals surface area contributed by atoms with E-state index in [0.717, 1.165) is 11.3 Å². The maximum Gasteiger partial charge on any atom is 0.229 e. The Balaban J connectivity index is 2.37. The van der Waals surface area contributed by atoms with Gasteiger partial charge in [-0.05, 0) is 19.1 Å². The van der Waals surface area contributed by atoms with Gasteiger partial charge >= 0.3 is 0 Å². The van der Waals surface area contributed by atoms with Gasteiger partial charge in [0.2, 0.25) is 5.88 Å². The summed E-state index contributed by atoms with van der Waals surface area (Å²) in [4.78, 5) is 6.77. The van der Waals surface area contributed by atoms with Crippen molar-refractivity contribution in [1.82, 2.24) is 9.88 Å². The molecule has 1 aromatic heterocycles. The zero-order valence-electron chi connectivity index (χ0n) is 9.88. The van der Waals surface area contributed by atoms with Crippen LogP contribution in [0.1, 0.15) is 18.9 Å². The molecule has 0 spiro atoms. The van der Waals surface area contributed by atoms with Crippen molar-refractivity contribution in [2.24, 2.45) is 5.73 Å². The van der Waals surface area contributed by atoms with Crippen LogP contribution in [0, 0.1) is 0 Å². The molecule has 4 nitrogen and oxygen atoms in total. The molecule has 1 unspecified atom stereocenters. The molecule has 1 aliphatic rings. The predicted octanol–water partition coefficient (Wildman–Crippen LogP) is 1.66. The van der Waals surface area contributed by atoms with E-state index in [1.165, 1.54) is 0 Å². The Morgan fingerprint density at radius 1 is 1.59 bits per heavy atom. The van der Waals surface area contributed by atoms with E-state index >= 15 is 0 Å². The minimum Gasteiger partial charge on any atom is -0.441 e. The molecule has 17 heavy (non-hydrogen) atoms. The summed E-state index contributed by atoms with van der Waals surface area (Å²) in [5, 5.41) is 0. The molecule has 2 heterocycles. The van der Waals surface area contributed by atoms with Crippen molar-refractivity contribution in [2.45, 2.75) is 19.4 Å². The lowest BCUT2D eigenvalue weighted by Crippen LogP contribution is -2.20. The number of thiocarbonyl (C=S) groups is 1. The summed E-state index contributed by atoms with van der Waals surface area (Å²) in [5.74, 6) is 1.33. The second kappa shape index (κ2) is 4.81. The van der Waals surface area contributed by atoms with E-state index in [9.17, 15) is 0 Å². The van der Waals surface area contributed by atoms with Gasteiger partial charge in [-0.3, -0.25) is 0 Å². The number of rotatable bonds is 2. The van der Waals surface area contributed by atoms with Gasteiger partial charge in [-0.15, -0.1) is 0 Å². The van der Waals surface area contributed by atoms with E-state index in [1.807, 2.05) is 37.2 Å². The number of nitrogens with zero attached hydrogens (tertiary/aromatic N) is 2. The molecule has 0 saturated heterocycles. The molecular weight excluding hydrogens is 234 g/mol. The average Bonchev–Trinajstić information content (AvgIpc) is 2.37. The molecule has 2 rings (SSSR count). The number of fused-ring (bicyclic) bond motifs is 1. The van der Waals surface area contributed by atoms with Gasteiger partial charge in [-0.1, -0.05) is 12.2 Å². The summed E-state index contributed by atoms with van der Waals surface area (Å²) < 4.78 is 5.75. The molecule has 0 aromatic carbocycles. The summed E-state index contributed by atoms with van der Waals surface area (Å²) in [5.41, 5.74) is 6.62. The number of pyridine rings is 1. The Kier molecular flexibility index (Phi) is 3.40. The monoisotopic (exact) mass is 249 g/mol. The third kappa shape index (κ3) is 2.62. The second-order valence-corrected chi connectivity index (χ2v) is 4.54. The van der Waals surface area contributed by atoms with E-state index in [4.69, 9.17) is 22.7 Å². The highest BCUT2D eigenvalue weighted by atomic mass is 32.1. The van der Waals surface area contributed by atoms with Crippen LogP contribution in [0.3, 0.4) is 0 Å². The normalized spacial score (nSPS) is 16.8. The summed E-state index contributed by atoms with van der Waals surface area (Å²) in [6.45, 7) is 1.94. The quantitative estimate of drug-likeness (QED) is 0.808. The number of aromatic nitrogens is 1. The van der Waals surface area contributed by atoms with Crippen LogP contribution in [0.5, 0.6) is 5.88 Å². The van der Waals surface area contributed by atoms with Crippen LogP contribution in [0.4, 0.5) is 0 Å². The Hall–Kier alpha value is -1.46. The Morgan fingerprint density at radius 2 is 2.35 bits per heavy atom. The third-order valence-corrected chi connectivity index (χ3v) is 2.92. The van der Waals surface area contributed by atoms with Gasteiger partial charge < -0.3 is 15.4 Å². The van der Waals surface area contributed by atoms with Crippen molar-refractivity contribution in [2.75, 3.05) is 7.05 Å². The molecule has 0 saturated carbocycles. The molecule has 0 radical (unpaired) electrons. The van der Waals surface area contributed by atoms with Crippen molar-refractivity contribution in [3.63, 3.8) is 0 Å². The fourth-order valence-electron chi connectivity index (χ4n) is 1.66. The van der Waals surface area contributed by atoms with Gasteiger partial charge in [0.1, 0.15) is 10.7 Å². The number of nitrogens with two attached hydrogens (primary N) is 1. The summed E-state index contributed by atoms with van der Waals surface area (Å²) in [7, 11) is 1.90. The number of ether oxygens (including phenoxy) is 1.